The molecule has 0 unspecified atom stereocenters. The molecule has 1 aromatic heterocycles. The van der Waals surface area contributed by atoms with Crippen LogP contribution in [0.15, 0.2) is 229 Å². The van der Waals surface area contributed by atoms with Crippen LogP contribution < -0.4 is 4.90 Å². The van der Waals surface area contributed by atoms with Gasteiger partial charge >= 0.3 is 0 Å². The van der Waals surface area contributed by atoms with Crippen molar-refractivity contribution < 1.29 is 4.42 Å². The summed E-state index contributed by atoms with van der Waals surface area (Å²) in [5.41, 5.74) is 14.4. The topological polar surface area (TPSA) is 16.4 Å². The van der Waals surface area contributed by atoms with Crippen LogP contribution in [0.3, 0.4) is 0 Å². The predicted octanol–water partition coefficient (Wildman–Crippen LogP) is 16.0. The molecular formula is C56H37NO. The highest BCUT2D eigenvalue weighted by molar-refractivity contribution is 6.11. The highest BCUT2D eigenvalue weighted by Gasteiger charge is 2.21. The quantitative estimate of drug-likeness (QED) is 0.162. The lowest BCUT2D eigenvalue weighted by Gasteiger charge is -2.26. The van der Waals surface area contributed by atoms with Gasteiger partial charge in [0.2, 0.25) is 0 Å². The first kappa shape index (κ1) is 33.6. The first-order valence-corrected chi connectivity index (χ1v) is 19.8. The summed E-state index contributed by atoms with van der Waals surface area (Å²) >= 11 is 0. The smallest absolute Gasteiger partial charge is 0.159 e. The Morgan fingerprint density at radius 1 is 0.310 bits per heavy atom. The first-order valence-electron chi connectivity index (χ1n) is 19.8. The van der Waals surface area contributed by atoms with Crippen molar-refractivity contribution in [3.8, 4) is 44.5 Å². The average molecular weight is 740 g/mol. The second-order valence-corrected chi connectivity index (χ2v) is 14.8. The minimum absolute atomic E-state index is 0.858. The molecule has 0 N–H and O–H groups in total. The fraction of sp³-hybridized carbons (Fsp3) is 0. The number of rotatable bonds is 7. The third-order valence-corrected chi connectivity index (χ3v) is 11.5. The van der Waals surface area contributed by atoms with Crippen LogP contribution >= 0.6 is 0 Å². The average Bonchev–Trinajstić information content (AvgIpc) is 3.69. The van der Waals surface area contributed by atoms with Gasteiger partial charge in [0.1, 0.15) is 5.58 Å². The van der Waals surface area contributed by atoms with Gasteiger partial charge in [-0.1, -0.05) is 188 Å². The minimum Gasteiger partial charge on any atom is -0.454 e. The van der Waals surface area contributed by atoms with Crippen LogP contribution in [0, 0.1) is 0 Å². The molecule has 0 spiro atoms. The molecule has 0 bridgehead atoms. The molecule has 0 saturated carbocycles. The Labute approximate surface area is 337 Å². The summed E-state index contributed by atoms with van der Waals surface area (Å²) in [4.78, 5) is 2.35. The number of furan rings is 1. The van der Waals surface area contributed by atoms with Crippen molar-refractivity contribution in [2.24, 2.45) is 0 Å². The van der Waals surface area contributed by atoms with Crippen molar-refractivity contribution in [1.82, 2.24) is 0 Å². The second-order valence-electron chi connectivity index (χ2n) is 14.8. The van der Waals surface area contributed by atoms with Crippen molar-refractivity contribution in [1.29, 1.82) is 0 Å². The fourth-order valence-electron chi connectivity index (χ4n) is 8.82. The van der Waals surface area contributed by atoms with Crippen molar-refractivity contribution in [2.45, 2.75) is 0 Å². The number of hydrogen-bond acceptors (Lipinski definition) is 2. The fourth-order valence-corrected chi connectivity index (χ4v) is 8.82. The van der Waals surface area contributed by atoms with Crippen molar-refractivity contribution in [2.75, 3.05) is 4.90 Å². The zero-order valence-corrected chi connectivity index (χ0v) is 31.7. The van der Waals surface area contributed by atoms with E-state index in [4.69, 9.17) is 4.42 Å². The van der Waals surface area contributed by atoms with Crippen molar-refractivity contribution >= 4 is 60.5 Å². The number of fused-ring (bicyclic) bond motifs is 5. The largest absolute Gasteiger partial charge is 0.454 e. The molecule has 11 rings (SSSR count). The lowest BCUT2D eigenvalue weighted by Crippen LogP contribution is -2.10. The Kier molecular flexibility index (Phi) is 8.19. The molecule has 0 radical (unpaired) electrons. The highest BCUT2D eigenvalue weighted by atomic mass is 16.3. The molecule has 10 aromatic carbocycles. The van der Waals surface area contributed by atoms with E-state index >= 15 is 0 Å². The van der Waals surface area contributed by atoms with Gasteiger partial charge in [-0.05, 0) is 102 Å². The number of para-hydroxylation sites is 2. The van der Waals surface area contributed by atoms with E-state index in [-0.39, 0.29) is 0 Å². The molecular weight excluding hydrogens is 703 g/mol. The van der Waals surface area contributed by atoms with Gasteiger partial charge < -0.3 is 9.32 Å². The normalized spacial score (nSPS) is 11.4. The molecule has 272 valence electrons. The number of anilines is 3. The maximum absolute atomic E-state index is 6.70. The van der Waals surface area contributed by atoms with Gasteiger partial charge in [0.15, 0.2) is 5.58 Å². The van der Waals surface area contributed by atoms with Gasteiger partial charge in [-0.3, -0.25) is 0 Å². The van der Waals surface area contributed by atoms with Gasteiger partial charge in [-0.25, -0.2) is 0 Å². The summed E-state index contributed by atoms with van der Waals surface area (Å²) in [6, 6.07) is 80.6. The third kappa shape index (κ3) is 5.74. The van der Waals surface area contributed by atoms with Crippen LogP contribution in [0.1, 0.15) is 0 Å². The van der Waals surface area contributed by atoms with Gasteiger partial charge in [-0.2, -0.15) is 0 Å². The molecule has 0 saturated heterocycles. The third-order valence-electron chi connectivity index (χ3n) is 11.5. The molecule has 0 aliphatic rings. The Bertz CT molecular complexity index is 3260. The van der Waals surface area contributed by atoms with Crippen LogP contribution in [-0.4, -0.2) is 0 Å². The molecule has 11 aromatic rings. The highest BCUT2D eigenvalue weighted by Crippen LogP contribution is 2.45. The summed E-state index contributed by atoms with van der Waals surface area (Å²) in [5, 5.41) is 7.14. The maximum atomic E-state index is 6.70. The molecule has 0 fully saturated rings. The molecule has 0 aliphatic heterocycles. The summed E-state index contributed by atoms with van der Waals surface area (Å²) in [7, 11) is 0. The van der Waals surface area contributed by atoms with E-state index in [9.17, 15) is 0 Å². The Balaban J connectivity index is 1.10. The number of hydrogen-bond donors (Lipinski definition) is 0. The van der Waals surface area contributed by atoms with E-state index in [2.05, 4.69) is 223 Å². The summed E-state index contributed by atoms with van der Waals surface area (Å²) < 4.78 is 6.70. The zero-order valence-electron chi connectivity index (χ0n) is 31.7. The molecule has 0 atom stereocenters. The van der Waals surface area contributed by atoms with E-state index in [1.54, 1.807) is 0 Å². The Morgan fingerprint density at radius 2 is 0.776 bits per heavy atom. The SMILES string of the molecule is c1ccc(-c2cccc3cccc(-c4ccc(N(c5cccc(-c6cccc7cccc(-c8ccccc8)c67)c5)c5cccc6c5oc5ccccc56)cc4)c23)cc1. The molecule has 58 heavy (non-hydrogen) atoms. The van der Waals surface area contributed by atoms with E-state index in [1.807, 2.05) is 6.07 Å². The van der Waals surface area contributed by atoms with Crippen molar-refractivity contribution in [3.05, 3.63) is 224 Å². The van der Waals surface area contributed by atoms with E-state index in [0.717, 1.165) is 50.1 Å². The molecule has 0 amide bonds. The van der Waals surface area contributed by atoms with Crippen LogP contribution in [0.25, 0.3) is 88.0 Å². The van der Waals surface area contributed by atoms with Crippen LogP contribution in [0.2, 0.25) is 0 Å². The minimum atomic E-state index is 0.858. The molecule has 0 aliphatic carbocycles. The van der Waals surface area contributed by atoms with Gasteiger partial charge in [-0.15, -0.1) is 0 Å². The van der Waals surface area contributed by atoms with Crippen LogP contribution in [0.5, 0.6) is 0 Å². The summed E-state index contributed by atoms with van der Waals surface area (Å²) in [6.07, 6.45) is 0. The number of benzene rings is 10. The molecule has 1 heterocycles. The van der Waals surface area contributed by atoms with Gasteiger partial charge in [0.25, 0.3) is 0 Å². The van der Waals surface area contributed by atoms with Crippen LogP contribution in [0.4, 0.5) is 17.1 Å². The van der Waals surface area contributed by atoms with Gasteiger partial charge in [0.05, 0.1) is 5.69 Å². The zero-order chi connectivity index (χ0) is 38.4. The summed E-state index contributed by atoms with van der Waals surface area (Å²) in [5.74, 6) is 0. The monoisotopic (exact) mass is 739 g/mol. The van der Waals surface area contributed by atoms with Crippen LogP contribution in [-0.2, 0) is 0 Å². The summed E-state index contributed by atoms with van der Waals surface area (Å²) in [6.45, 7) is 0. The Morgan fingerprint density at radius 3 is 1.38 bits per heavy atom. The molecule has 2 nitrogen and oxygen atoms in total. The molecule has 2 heteroatoms. The van der Waals surface area contributed by atoms with E-state index in [1.165, 1.54) is 54.9 Å². The van der Waals surface area contributed by atoms with E-state index in [0.29, 0.717) is 0 Å². The first-order chi connectivity index (χ1) is 28.8. The lowest BCUT2D eigenvalue weighted by atomic mass is 9.91. The van der Waals surface area contributed by atoms with E-state index < -0.39 is 0 Å². The Hall–Kier alpha value is -7.68. The van der Waals surface area contributed by atoms with Crippen molar-refractivity contribution in [3.63, 3.8) is 0 Å². The lowest BCUT2D eigenvalue weighted by molar-refractivity contribution is 0.669. The number of nitrogens with zero attached hydrogens (tertiary/aromatic N) is 1. The second kappa shape index (κ2) is 14.1. The standard InChI is InChI=1S/C56H37NO/c1-3-15-38(16-4-1)46-26-10-19-41-20-12-28-48(54(41)46)40-33-35-44(36-34-40)57(52-31-14-30-51-50-25-7-8-32-53(50)58-56(51)52)45-24-9-23-43(37-45)49-29-13-22-42-21-11-27-47(55(42)49)39-17-5-2-6-18-39/h1-37H. The van der Waals surface area contributed by atoms with Gasteiger partial charge in [0, 0.05) is 22.1 Å². The maximum Gasteiger partial charge on any atom is 0.159 e. The predicted molar refractivity (Wildman–Crippen MR) is 245 cm³/mol.